The van der Waals surface area contributed by atoms with Crippen molar-refractivity contribution in [3.63, 3.8) is 0 Å². The third-order valence-corrected chi connectivity index (χ3v) is 3.96. The molecular formula is C17H15BrN4O3. The van der Waals surface area contributed by atoms with E-state index in [1.54, 1.807) is 24.3 Å². The summed E-state index contributed by atoms with van der Waals surface area (Å²) >= 11 is 3.32. The highest BCUT2D eigenvalue weighted by atomic mass is 79.9. The first kappa shape index (κ1) is 17.0. The number of ether oxygens (including phenoxy) is 1. The fraction of sp³-hybridized carbons (Fsp3) is 0.118. The van der Waals surface area contributed by atoms with Gasteiger partial charge in [0.25, 0.3) is 11.8 Å². The third-order valence-electron chi connectivity index (χ3n) is 3.43. The Bertz CT molecular complexity index is 921. The first-order valence-corrected chi connectivity index (χ1v) is 8.24. The van der Waals surface area contributed by atoms with Crippen LogP contribution in [-0.2, 0) is 4.79 Å². The Hall–Kier alpha value is -2.87. The first-order chi connectivity index (χ1) is 12.0. The zero-order chi connectivity index (χ0) is 17.8. The van der Waals surface area contributed by atoms with Gasteiger partial charge in [-0.1, -0.05) is 27.6 Å². The van der Waals surface area contributed by atoms with Crippen molar-refractivity contribution < 1.29 is 14.3 Å². The number of nitrogens with zero attached hydrogens (tertiary/aromatic N) is 1. The van der Waals surface area contributed by atoms with Gasteiger partial charge in [-0.25, -0.2) is 0 Å². The van der Waals surface area contributed by atoms with Crippen LogP contribution in [0.4, 0.5) is 0 Å². The Morgan fingerprint density at radius 2 is 1.92 bits per heavy atom. The SMILES string of the molecule is Cc1ccc2[nH]nc(C(=O)NNC(=O)COc3ccc(Br)cc3)c2c1. The summed E-state index contributed by atoms with van der Waals surface area (Å²) in [5.74, 6) is -0.431. The third kappa shape index (κ3) is 4.16. The number of rotatable bonds is 4. The number of fused-ring (bicyclic) bond motifs is 1. The monoisotopic (exact) mass is 402 g/mol. The van der Waals surface area contributed by atoms with E-state index in [1.165, 1.54) is 0 Å². The molecule has 25 heavy (non-hydrogen) atoms. The Morgan fingerprint density at radius 3 is 2.68 bits per heavy atom. The number of H-pyrrole nitrogens is 1. The molecule has 0 fully saturated rings. The number of hydrogen-bond donors (Lipinski definition) is 3. The van der Waals surface area contributed by atoms with Crippen molar-refractivity contribution >= 4 is 38.6 Å². The maximum Gasteiger partial charge on any atom is 0.290 e. The molecule has 0 atom stereocenters. The van der Waals surface area contributed by atoms with Crippen molar-refractivity contribution in [1.82, 2.24) is 21.0 Å². The quantitative estimate of drug-likeness (QED) is 0.584. The predicted molar refractivity (Wildman–Crippen MR) is 96.1 cm³/mol. The number of carbonyl (C=O) groups is 2. The molecule has 0 radical (unpaired) electrons. The molecule has 0 saturated carbocycles. The van der Waals surface area contributed by atoms with Crippen molar-refractivity contribution in [2.45, 2.75) is 6.92 Å². The molecular weight excluding hydrogens is 388 g/mol. The largest absolute Gasteiger partial charge is 0.484 e. The Kier molecular flexibility index (Phi) is 4.99. The Balaban J connectivity index is 1.55. The number of benzene rings is 2. The van der Waals surface area contributed by atoms with E-state index in [1.807, 2.05) is 25.1 Å². The summed E-state index contributed by atoms with van der Waals surface area (Å²) in [6, 6.07) is 12.7. The van der Waals surface area contributed by atoms with E-state index in [0.29, 0.717) is 11.1 Å². The molecule has 0 aliphatic rings. The topological polar surface area (TPSA) is 96.1 Å². The van der Waals surface area contributed by atoms with Crippen LogP contribution in [0.1, 0.15) is 16.1 Å². The van der Waals surface area contributed by atoms with E-state index < -0.39 is 11.8 Å². The molecule has 2 amide bonds. The maximum atomic E-state index is 12.2. The molecule has 0 saturated heterocycles. The molecule has 0 bridgehead atoms. The van der Waals surface area contributed by atoms with Crippen LogP contribution in [0.5, 0.6) is 5.75 Å². The molecule has 0 aliphatic carbocycles. The number of amides is 2. The molecule has 3 aromatic rings. The van der Waals surface area contributed by atoms with Crippen LogP contribution in [0, 0.1) is 6.92 Å². The lowest BCUT2D eigenvalue weighted by Gasteiger charge is -2.08. The summed E-state index contributed by atoms with van der Waals surface area (Å²) in [6.45, 7) is 1.71. The second-order valence-electron chi connectivity index (χ2n) is 5.37. The van der Waals surface area contributed by atoms with E-state index in [9.17, 15) is 9.59 Å². The summed E-state index contributed by atoms with van der Waals surface area (Å²) in [5.41, 5.74) is 6.61. The van der Waals surface area contributed by atoms with E-state index in [2.05, 4.69) is 37.0 Å². The van der Waals surface area contributed by atoms with Gasteiger partial charge in [-0.3, -0.25) is 25.5 Å². The molecule has 8 heteroatoms. The summed E-state index contributed by atoms with van der Waals surface area (Å²) in [6.07, 6.45) is 0. The van der Waals surface area contributed by atoms with Crippen LogP contribution in [0.3, 0.4) is 0 Å². The predicted octanol–water partition coefficient (Wildman–Crippen LogP) is 2.47. The van der Waals surface area contributed by atoms with Crippen molar-refractivity contribution in [3.05, 3.63) is 58.2 Å². The van der Waals surface area contributed by atoms with Gasteiger partial charge in [0.2, 0.25) is 0 Å². The minimum atomic E-state index is -0.506. The van der Waals surface area contributed by atoms with Crippen LogP contribution in [0.2, 0.25) is 0 Å². The molecule has 2 aromatic carbocycles. The van der Waals surface area contributed by atoms with Gasteiger partial charge < -0.3 is 4.74 Å². The fourth-order valence-electron chi connectivity index (χ4n) is 2.20. The maximum absolute atomic E-state index is 12.2. The van der Waals surface area contributed by atoms with Crippen LogP contribution in [0.25, 0.3) is 10.9 Å². The Morgan fingerprint density at radius 1 is 1.16 bits per heavy atom. The average Bonchev–Trinajstić information content (AvgIpc) is 3.02. The van der Waals surface area contributed by atoms with Gasteiger partial charge in [0.15, 0.2) is 12.3 Å². The highest BCUT2D eigenvalue weighted by Crippen LogP contribution is 2.17. The molecule has 1 aromatic heterocycles. The zero-order valence-corrected chi connectivity index (χ0v) is 14.9. The van der Waals surface area contributed by atoms with Crippen LogP contribution in [0.15, 0.2) is 46.9 Å². The Labute approximate surface area is 151 Å². The highest BCUT2D eigenvalue weighted by molar-refractivity contribution is 9.10. The molecule has 0 unspecified atom stereocenters. The van der Waals surface area contributed by atoms with Crippen molar-refractivity contribution in [2.24, 2.45) is 0 Å². The first-order valence-electron chi connectivity index (χ1n) is 7.45. The van der Waals surface area contributed by atoms with Gasteiger partial charge in [0.05, 0.1) is 5.52 Å². The lowest BCUT2D eigenvalue weighted by atomic mass is 10.1. The van der Waals surface area contributed by atoms with E-state index in [-0.39, 0.29) is 12.3 Å². The van der Waals surface area contributed by atoms with Crippen LogP contribution in [-0.4, -0.2) is 28.6 Å². The molecule has 3 N–H and O–H groups in total. The van der Waals surface area contributed by atoms with E-state index >= 15 is 0 Å². The number of carbonyl (C=O) groups excluding carboxylic acids is 2. The molecule has 1 heterocycles. The van der Waals surface area contributed by atoms with Crippen LogP contribution >= 0.6 is 15.9 Å². The standard InChI is InChI=1S/C17H15BrN4O3/c1-10-2-7-14-13(8-10)16(21-19-14)17(24)22-20-15(23)9-25-12-5-3-11(18)4-6-12/h2-8H,9H2,1H3,(H,19,21)(H,20,23)(H,22,24). The number of aromatic amines is 1. The van der Waals surface area contributed by atoms with E-state index in [0.717, 1.165) is 15.6 Å². The number of aromatic nitrogens is 2. The summed E-state index contributed by atoms with van der Waals surface area (Å²) < 4.78 is 6.24. The van der Waals surface area contributed by atoms with Crippen LogP contribution < -0.4 is 15.6 Å². The average molecular weight is 403 g/mol. The van der Waals surface area contributed by atoms with Gasteiger partial charge in [-0.15, -0.1) is 0 Å². The number of hydrogen-bond acceptors (Lipinski definition) is 4. The lowest BCUT2D eigenvalue weighted by molar-refractivity contribution is -0.123. The minimum absolute atomic E-state index is 0.216. The van der Waals surface area contributed by atoms with Gasteiger partial charge >= 0.3 is 0 Å². The molecule has 0 aliphatic heterocycles. The zero-order valence-electron chi connectivity index (χ0n) is 13.3. The smallest absolute Gasteiger partial charge is 0.290 e. The van der Waals surface area contributed by atoms with Gasteiger partial charge in [-0.2, -0.15) is 5.10 Å². The van der Waals surface area contributed by atoms with Crippen molar-refractivity contribution in [1.29, 1.82) is 0 Å². The van der Waals surface area contributed by atoms with Gasteiger partial charge in [0.1, 0.15) is 5.75 Å². The molecule has 7 nitrogen and oxygen atoms in total. The summed E-state index contributed by atoms with van der Waals surface area (Å²) in [5, 5.41) is 7.47. The summed E-state index contributed by atoms with van der Waals surface area (Å²) in [4.78, 5) is 24.0. The normalized spacial score (nSPS) is 10.5. The second kappa shape index (κ2) is 7.35. The minimum Gasteiger partial charge on any atom is -0.484 e. The fourth-order valence-corrected chi connectivity index (χ4v) is 2.47. The molecule has 3 rings (SSSR count). The van der Waals surface area contributed by atoms with Gasteiger partial charge in [0, 0.05) is 9.86 Å². The van der Waals surface area contributed by atoms with Crippen molar-refractivity contribution in [3.8, 4) is 5.75 Å². The van der Waals surface area contributed by atoms with E-state index in [4.69, 9.17) is 4.74 Å². The lowest BCUT2D eigenvalue weighted by Crippen LogP contribution is -2.44. The number of hydrazine groups is 1. The number of nitrogens with one attached hydrogen (secondary N) is 3. The van der Waals surface area contributed by atoms with Crippen molar-refractivity contribution in [2.75, 3.05) is 6.61 Å². The second-order valence-corrected chi connectivity index (χ2v) is 6.28. The number of halogens is 1. The van der Waals surface area contributed by atoms with Gasteiger partial charge in [-0.05, 0) is 43.3 Å². The highest BCUT2D eigenvalue weighted by Gasteiger charge is 2.15. The molecule has 128 valence electrons. The summed E-state index contributed by atoms with van der Waals surface area (Å²) in [7, 11) is 0. The molecule has 0 spiro atoms. The number of aryl methyl sites for hydroxylation is 1.